The molecule has 0 amide bonds. The minimum absolute atomic E-state index is 0.534. The van der Waals surface area contributed by atoms with E-state index in [0.717, 1.165) is 37.5 Å². The third-order valence-corrected chi connectivity index (χ3v) is 5.51. The zero-order valence-electron chi connectivity index (χ0n) is 15.4. The molecule has 4 N–H and O–H groups in total. The molecule has 0 atom stereocenters. The van der Waals surface area contributed by atoms with Gasteiger partial charge in [-0.3, -0.25) is 0 Å². The Hall–Kier alpha value is -2.78. The predicted molar refractivity (Wildman–Crippen MR) is 112 cm³/mol. The van der Waals surface area contributed by atoms with E-state index < -0.39 is 0 Å². The van der Waals surface area contributed by atoms with E-state index in [0.29, 0.717) is 16.0 Å². The van der Waals surface area contributed by atoms with Gasteiger partial charge in [0.1, 0.15) is 22.8 Å². The highest BCUT2D eigenvalue weighted by Crippen LogP contribution is 2.35. The minimum atomic E-state index is 0.534. The number of methoxy groups -OCH3 is 3. The summed E-state index contributed by atoms with van der Waals surface area (Å²) in [5.74, 6) is 2.32. The number of nitrogens with two attached hydrogens (primary N) is 2. The molecule has 4 rings (SSSR count). The Kier molecular flexibility index (Phi) is 5.52. The molecular formula is C18H20N4O3S2. The van der Waals surface area contributed by atoms with E-state index in [4.69, 9.17) is 25.7 Å². The second-order valence-corrected chi connectivity index (χ2v) is 7.69. The lowest BCUT2D eigenvalue weighted by Gasteiger charge is -2.03. The highest BCUT2D eigenvalue weighted by molar-refractivity contribution is 7.22. The summed E-state index contributed by atoms with van der Waals surface area (Å²) in [5.41, 5.74) is 14.0. The first-order chi connectivity index (χ1) is 12.9. The average Bonchev–Trinajstić information content (AvgIpc) is 3.20. The van der Waals surface area contributed by atoms with Crippen molar-refractivity contribution in [2.45, 2.75) is 6.92 Å². The van der Waals surface area contributed by atoms with Crippen molar-refractivity contribution >= 4 is 53.4 Å². The Balaban J connectivity index is 0.000000156. The number of nitrogens with zero attached hydrogens (tertiary/aromatic N) is 2. The number of rotatable bonds is 3. The van der Waals surface area contributed by atoms with Crippen LogP contribution in [0.1, 0.15) is 5.56 Å². The van der Waals surface area contributed by atoms with Gasteiger partial charge >= 0.3 is 0 Å². The Bertz CT molecular complexity index is 1090. The van der Waals surface area contributed by atoms with Crippen LogP contribution in [0.2, 0.25) is 0 Å². The van der Waals surface area contributed by atoms with Crippen LogP contribution in [0.25, 0.3) is 20.4 Å². The largest absolute Gasteiger partial charge is 0.497 e. The molecule has 4 aromatic rings. The summed E-state index contributed by atoms with van der Waals surface area (Å²) in [6.45, 7) is 1.99. The summed E-state index contributed by atoms with van der Waals surface area (Å²) in [6.07, 6.45) is 0. The number of ether oxygens (including phenoxy) is 3. The maximum Gasteiger partial charge on any atom is 0.181 e. The van der Waals surface area contributed by atoms with Crippen molar-refractivity contribution in [3.05, 3.63) is 29.8 Å². The first kappa shape index (κ1) is 19.0. The second-order valence-electron chi connectivity index (χ2n) is 5.57. The molecule has 2 heterocycles. The lowest BCUT2D eigenvalue weighted by Crippen LogP contribution is -1.88. The number of nitrogen functional groups attached to an aromatic ring is 2. The van der Waals surface area contributed by atoms with Crippen LogP contribution in [0.15, 0.2) is 24.3 Å². The minimum Gasteiger partial charge on any atom is -0.497 e. The molecule has 2 aromatic carbocycles. The fourth-order valence-electron chi connectivity index (χ4n) is 2.56. The van der Waals surface area contributed by atoms with Crippen LogP contribution in [-0.4, -0.2) is 31.3 Å². The first-order valence-electron chi connectivity index (χ1n) is 7.93. The third-order valence-electron chi connectivity index (χ3n) is 3.83. The Morgan fingerprint density at radius 3 is 2.11 bits per heavy atom. The van der Waals surface area contributed by atoms with Gasteiger partial charge in [-0.15, -0.1) is 0 Å². The van der Waals surface area contributed by atoms with Gasteiger partial charge in [0, 0.05) is 6.07 Å². The Labute approximate surface area is 164 Å². The van der Waals surface area contributed by atoms with Gasteiger partial charge in [0.25, 0.3) is 0 Å². The maximum atomic E-state index is 5.62. The monoisotopic (exact) mass is 404 g/mol. The summed E-state index contributed by atoms with van der Waals surface area (Å²) < 4.78 is 17.6. The second kappa shape index (κ2) is 7.85. The molecule has 0 saturated carbocycles. The number of benzene rings is 2. The van der Waals surface area contributed by atoms with Crippen molar-refractivity contribution in [3.8, 4) is 17.2 Å². The van der Waals surface area contributed by atoms with Crippen molar-refractivity contribution in [2.24, 2.45) is 0 Å². The molecule has 27 heavy (non-hydrogen) atoms. The van der Waals surface area contributed by atoms with Crippen LogP contribution in [-0.2, 0) is 0 Å². The van der Waals surface area contributed by atoms with Crippen LogP contribution in [0, 0.1) is 6.92 Å². The van der Waals surface area contributed by atoms with Gasteiger partial charge < -0.3 is 25.7 Å². The molecule has 0 aliphatic carbocycles. The summed E-state index contributed by atoms with van der Waals surface area (Å²) >= 11 is 2.89. The summed E-state index contributed by atoms with van der Waals surface area (Å²) in [5, 5.41) is 1.13. The Morgan fingerprint density at radius 2 is 1.44 bits per heavy atom. The van der Waals surface area contributed by atoms with E-state index in [1.54, 1.807) is 27.4 Å². The van der Waals surface area contributed by atoms with Crippen LogP contribution >= 0.6 is 22.7 Å². The highest BCUT2D eigenvalue weighted by Gasteiger charge is 2.09. The van der Waals surface area contributed by atoms with Gasteiger partial charge in [-0.25, -0.2) is 9.97 Å². The molecule has 0 saturated heterocycles. The van der Waals surface area contributed by atoms with Crippen molar-refractivity contribution in [2.75, 3.05) is 32.8 Å². The quantitative estimate of drug-likeness (QED) is 0.530. The fraction of sp³-hybridized carbons (Fsp3) is 0.222. The van der Waals surface area contributed by atoms with Gasteiger partial charge in [0.2, 0.25) is 0 Å². The van der Waals surface area contributed by atoms with Gasteiger partial charge in [0.05, 0.1) is 36.2 Å². The predicted octanol–water partition coefficient (Wildman–Crippen LogP) is 4.09. The normalized spacial score (nSPS) is 10.5. The summed E-state index contributed by atoms with van der Waals surface area (Å²) in [7, 11) is 4.88. The molecule has 0 aliphatic rings. The van der Waals surface area contributed by atoms with Gasteiger partial charge in [-0.1, -0.05) is 22.7 Å². The van der Waals surface area contributed by atoms with Crippen LogP contribution in [0.3, 0.4) is 0 Å². The van der Waals surface area contributed by atoms with E-state index in [1.165, 1.54) is 22.7 Å². The van der Waals surface area contributed by atoms with Crippen molar-refractivity contribution in [1.82, 2.24) is 9.97 Å². The first-order valence-corrected chi connectivity index (χ1v) is 9.57. The molecule has 7 nitrogen and oxygen atoms in total. The number of aryl methyl sites for hydroxylation is 1. The number of fused-ring (bicyclic) bond motifs is 2. The van der Waals surface area contributed by atoms with Gasteiger partial charge in [-0.2, -0.15) is 0 Å². The third kappa shape index (κ3) is 3.99. The molecule has 142 valence electrons. The van der Waals surface area contributed by atoms with Gasteiger partial charge in [-0.05, 0) is 30.7 Å². The molecule has 0 spiro atoms. The van der Waals surface area contributed by atoms with Crippen molar-refractivity contribution in [3.63, 3.8) is 0 Å². The van der Waals surface area contributed by atoms with Crippen molar-refractivity contribution in [1.29, 1.82) is 0 Å². The SMILES string of the molecule is COc1cc(OC)c2nc(N)sc2c1.COc1cc2sc(N)nc2cc1C. The zero-order chi connectivity index (χ0) is 19.6. The smallest absolute Gasteiger partial charge is 0.181 e. The van der Waals surface area contributed by atoms with E-state index in [9.17, 15) is 0 Å². The lowest BCUT2D eigenvalue weighted by molar-refractivity contribution is 0.397. The van der Waals surface area contributed by atoms with Crippen LogP contribution in [0.5, 0.6) is 17.2 Å². The molecule has 0 unspecified atom stereocenters. The molecule has 0 bridgehead atoms. The standard InChI is InChI=1S/C9H10N2O2S.C9H10N2OS/c1-12-5-3-6(13-2)8-7(4-5)14-9(10)11-8;1-5-3-6-8(4-7(5)12-2)13-9(10)11-6/h3-4H,1-2H3,(H2,10,11);3-4H,1-2H3,(H2,10,11). The summed E-state index contributed by atoms with van der Waals surface area (Å²) in [4.78, 5) is 8.37. The molecule has 2 aromatic heterocycles. The van der Waals surface area contributed by atoms with Crippen molar-refractivity contribution < 1.29 is 14.2 Å². The average molecular weight is 405 g/mol. The van der Waals surface area contributed by atoms with E-state index in [2.05, 4.69) is 9.97 Å². The van der Waals surface area contributed by atoms with Crippen LogP contribution in [0.4, 0.5) is 10.3 Å². The van der Waals surface area contributed by atoms with Crippen LogP contribution < -0.4 is 25.7 Å². The van der Waals surface area contributed by atoms with Gasteiger partial charge in [0.15, 0.2) is 10.3 Å². The number of aromatic nitrogens is 2. The number of hydrogen-bond acceptors (Lipinski definition) is 9. The highest BCUT2D eigenvalue weighted by atomic mass is 32.1. The lowest BCUT2D eigenvalue weighted by atomic mass is 10.2. The molecule has 0 radical (unpaired) electrons. The molecule has 9 heteroatoms. The fourth-order valence-corrected chi connectivity index (χ4v) is 4.09. The Morgan fingerprint density at radius 1 is 0.778 bits per heavy atom. The number of anilines is 2. The maximum absolute atomic E-state index is 5.62. The van der Waals surface area contributed by atoms with E-state index >= 15 is 0 Å². The number of hydrogen-bond donors (Lipinski definition) is 2. The van der Waals surface area contributed by atoms with E-state index in [1.807, 2.05) is 25.1 Å². The topological polar surface area (TPSA) is 106 Å². The molecule has 0 aliphatic heterocycles. The number of thiazole rings is 2. The zero-order valence-corrected chi connectivity index (χ0v) is 17.0. The molecule has 0 fully saturated rings. The molecular weight excluding hydrogens is 384 g/mol. The summed E-state index contributed by atoms with van der Waals surface area (Å²) in [6, 6.07) is 7.65. The van der Waals surface area contributed by atoms with E-state index in [-0.39, 0.29) is 0 Å².